The fourth-order valence-electron chi connectivity index (χ4n) is 1.50. The van der Waals surface area contributed by atoms with E-state index in [9.17, 15) is 0 Å². The highest BCUT2D eigenvalue weighted by molar-refractivity contribution is 4.92. The molecule has 3 heteroatoms. The van der Waals surface area contributed by atoms with Gasteiger partial charge in [-0.05, 0) is 25.4 Å². The third kappa shape index (κ3) is 3.50. The van der Waals surface area contributed by atoms with Crippen molar-refractivity contribution in [2.24, 2.45) is 13.0 Å². The van der Waals surface area contributed by atoms with Crippen LogP contribution in [-0.2, 0) is 13.5 Å². The molecule has 1 N–H and O–H groups in total. The number of aromatic nitrogens is 2. The fraction of sp³-hybridized carbons (Fsp3) is 0.727. The number of nitrogens with zero attached hydrogens (tertiary/aromatic N) is 2. The van der Waals surface area contributed by atoms with E-state index in [0.717, 1.165) is 19.5 Å². The van der Waals surface area contributed by atoms with Crippen molar-refractivity contribution >= 4 is 0 Å². The predicted octanol–water partition coefficient (Wildman–Crippen LogP) is 1.60. The van der Waals surface area contributed by atoms with E-state index in [-0.39, 0.29) is 0 Å². The molecule has 0 radical (unpaired) electrons. The second-order valence-corrected chi connectivity index (χ2v) is 3.97. The molecule has 1 rings (SSSR count). The zero-order chi connectivity index (χ0) is 10.4. The van der Waals surface area contributed by atoms with E-state index in [1.54, 1.807) is 0 Å². The van der Waals surface area contributed by atoms with E-state index in [4.69, 9.17) is 0 Å². The molecule has 3 nitrogen and oxygen atoms in total. The molecule has 0 aliphatic carbocycles. The molecule has 0 saturated heterocycles. The molecule has 80 valence electrons. The Morgan fingerprint density at radius 3 is 2.93 bits per heavy atom. The van der Waals surface area contributed by atoms with E-state index in [1.807, 2.05) is 12.4 Å². The Hall–Kier alpha value is -0.830. The van der Waals surface area contributed by atoms with Crippen molar-refractivity contribution in [3.05, 3.63) is 18.2 Å². The van der Waals surface area contributed by atoms with Crippen molar-refractivity contribution in [3.8, 4) is 0 Å². The van der Waals surface area contributed by atoms with Crippen molar-refractivity contribution in [2.75, 3.05) is 13.1 Å². The summed E-state index contributed by atoms with van der Waals surface area (Å²) in [5.74, 6) is 1.83. The van der Waals surface area contributed by atoms with Crippen LogP contribution >= 0.6 is 0 Å². The first-order chi connectivity index (χ1) is 6.74. The first kappa shape index (κ1) is 11.2. The molecule has 1 heterocycles. The zero-order valence-electron chi connectivity index (χ0n) is 9.45. The summed E-state index contributed by atoms with van der Waals surface area (Å²) in [6.07, 6.45) is 6.12. The van der Waals surface area contributed by atoms with Gasteiger partial charge < -0.3 is 9.88 Å². The van der Waals surface area contributed by atoms with Crippen molar-refractivity contribution in [1.82, 2.24) is 14.9 Å². The number of aryl methyl sites for hydroxylation is 1. The second-order valence-electron chi connectivity index (χ2n) is 3.97. The Labute approximate surface area is 86.5 Å². The van der Waals surface area contributed by atoms with Gasteiger partial charge in [-0.1, -0.05) is 13.8 Å². The molecule has 0 aliphatic heterocycles. The predicted molar refractivity (Wildman–Crippen MR) is 59.2 cm³/mol. The maximum atomic E-state index is 4.32. The van der Waals surface area contributed by atoms with Gasteiger partial charge in [-0.25, -0.2) is 4.98 Å². The maximum absolute atomic E-state index is 4.32. The minimum Gasteiger partial charge on any atom is -0.338 e. The van der Waals surface area contributed by atoms with Crippen LogP contribution in [0.3, 0.4) is 0 Å². The molecule has 0 spiro atoms. The average Bonchev–Trinajstić information content (AvgIpc) is 2.52. The van der Waals surface area contributed by atoms with Gasteiger partial charge in [-0.2, -0.15) is 0 Å². The van der Waals surface area contributed by atoms with Crippen LogP contribution < -0.4 is 5.32 Å². The van der Waals surface area contributed by atoms with Crippen LogP contribution in [0.25, 0.3) is 0 Å². The first-order valence-corrected chi connectivity index (χ1v) is 5.41. The first-order valence-electron chi connectivity index (χ1n) is 5.41. The van der Waals surface area contributed by atoms with E-state index >= 15 is 0 Å². The lowest BCUT2D eigenvalue weighted by molar-refractivity contribution is 0.494. The minimum atomic E-state index is 0.655. The van der Waals surface area contributed by atoms with Gasteiger partial charge in [0.2, 0.25) is 0 Å². The Kier molecular flexibility index (Phi) is 4.66. The largest absolute Gasteiger partial charge is 0.338 e. The maximum Gasteiger partial charge on any atom is 0.108 e. The van der Waals surface area contributed by atoms with Crippen molar-refractivity contribution in [3.63, 3.8) is 0 Å². The summed E-state index contributed by atoms with van der Waals surface area (Å²) in [4.78, 5) is 4.32. The molecule has 0 amide bonds. The van der Waals surface area contributed by atoms with E-state index in [2.05, 4.69) is 35.8 Å². The summed E-state index contributed by atoms with van der Waals surface area (Å²) in [7, 11) is 2.05. The number of imidazole rings is 1. The molecule has 1 aromatic rings. The summed E-state index contributed by atoms with van der Waals surface area (Å²) >= 11 is 0. The smallest absolute Gasteiger partial charge is 0.108 e. The van der Waals surface area contributed by atoms with Gasteiger partial charge in [0.05, 0.1) is 0 Å². The van der Waals surface area contributed by atoms with Crippen molar-refractivity contribution in [1.29, 1.82) is 0 Å². The van der Waals surface area contributed by atoms with Gasteiger partial charge >= 0.3 is 0 Å². The molecule has 1 unspecified atom stereocenters. The average molecular weight is 195 g/mol. The topological polar surface area (TPSA) is 29.9 Å². The quantitative estimate of drug-likeness (QED) is 0.699. The van der Waals surface area contributed by atoms with Gasteiger partial charge in [0, 0.05) is 25.9 Å². The lowest BCUT2D eigenvalue weighted by Gasteiger charge is -2.11. The second kappa shape index (κ2) is 5.81. The highest BCUT2D eigenvalue weighted by Crippen LogP contribution is 2.04. The highest BCUT2D eigenvalue weighted by Gasteiger charge is 2.06. The van der Waals surface area contributed by atoms with Crippen LogP contribution in [0.4, 0.5) is 0 Å². The molecular formula is C11H21N3. The van der Waals surface area contributed by atoms with E-state index < -0.39 is 0 Å². The minimum absolute atomic E-state index is 0.655. The van der Waals surface area contributed by atoms with Crippen molar-refractivity contribution in [2.45, 2.75) is 26.7 Å². The van der Waals surface area contributed by atoms with Crippen LogP contribution in [0.15, 0.2) is 12.4 Å². The number of hydrogen-bond acceptors (Lipinski definition) is 2. The molecule has 1 atom stereocenters. The molecular weight excluding hydrogens is 174 g/mol. The summed E-state index contributed by atoms with van der Waals surface area (Å²) in [6.45, 7) is 6.65. The van der Waals surface area contributed by atoms with Crippen LogP contribution in [0.1, 0.15) is 26.1 Å². The highest BCUT2D eigenvalue weighted by atomic mass is 15.0. The molecule has 0 saturated carbocycles. The van der Waals surface area contributed by atoms with Crippen LogP contribution in [-0.4, -0.2) is 22.6 Å². The van der Waals surface area contributed by atoms with Gasteiger partial charge in [-0.15, -0.1) is 0 Å². The number of nitrogens with one attached hydrogen (secondary N) is 1. The molecule has 0 aromatic carbocycles. The third-order valence-electron chi connectivity index (χ3n) is 2.37. The van der Waals surface area contributed by atoms with E-state index in [0.29, 0.717) is 5.92 Å². The standard InChI is InChI=1S/C11H21N3/c1-4-5-12-9-10(2)8-11-13-6-7-14(11)3/h6-7,10,12H,4-5,8-9H2,1-3H3. The third-order valence-corrected chi connectivity index (χ3v) is 2.37. The molecule has 1 aromatic heterocycles. The summed E-state index contributed by atoms with van der Waals surface area (Å²) in [5, 5.41) is 3.43. The Morgan fingerprint density at radius 2 is 2.36 bits per heavy atom. The monoisotopic (exact) mass is 195 g/mol. The van der Waals surface area contributed by atoms with Gasteiger partial charge in [0.1, 0.15) is 5.82 Å². The van der Waals surface area contributed by atoms with Crippen LogP contribution in [0.5, 0.6) is 0 Å². The van der Waals surface area contributed by atoms with Crippen LogP contribution in [0, 0.1) is 5.92 Å². The van der Waals surface area contributed by atoms with Gasteiger partial charge in [0.15, 0.2) is 0 Å². The Morgan fingerprint density at radius 1 is 1.57 bits per heavy atom. The molecule has 0 fully saturated rings. The number of rotatable bonds is 6. The SMILES string of the molecule is CCCNCC(C)Cc1nccn1C. The lowest BCUT2D eigenvalue weighted by Crippen LogP contribution is -2.23. The van der Waals surface area contributed by atoms with E-state index in [1.165, 1.54) is 12.2 Å². The summed E-state index contributed by atoms with van der Waals surface area (Å²) in [5.41, 5.74) is 0. The van der Waals surface area contributed by atoms with Gasteiger partial charge in [-0.3, -0.25) is 0 Å². The summed E-state index contributed by atoms with van der Waals surface area (Å²) in [6, 6.07) is 0. The number of hydrogen-bond donors (Lipinski definition) is 1. The fourth-order valence-corrected chi connectivity index (χ4v) is 1.50. The van der Waals surface area contributed by atoms with Crippen molar-refractivity contribution < 1.29 is 0 Å². The molecule has 0 bridgehead atoms. The van der Waals surface area contributed by atoms with Crippen LogP contribution in [0.2, 0.25) is 0 Å². The zero-order valence-corrected chi connectivity index (χ0v) is 9.45. The Balaban J connectivity index is 2.27. The Bertz CT molecular complexity index is 255. The normalized spacial score (nSPS) is 13.1. The summed E-state index contributed by atoms with van der Waals surface area (Å²) < 4.78 is 2.09. The molecule has 0 aliphatic rings. The lowest BCUT2D eigenvalue weighted by atomic mass is 10.1. The molecule has 14 heavy (non-hydrogen) atoms. The van der Waals surface area contributed by atoms with Gasteiger partial charge in [0.25, 0.3) is 0 Å².